The number of nitrogens with zero attached hydrogens (tertiary/aromatic N) is 1. The molecule has 0 aromatic heterocycles. The van der Waals surface area contributed by atoms with Gasteiger partial charge in [-0.3, -0.25) is 4.90 Å². The van der Waals surface area contributed by atoms with Crippen molar-refractivity contribution in [3.8, 4) is 0 Å². The van der Waals surface area contributed by atoms with Crippen LogP contribution in [0.5, 0.6) is 0 Å². The van der Waals surface area contributed by atoms with Gasteiger partial charge in [0.15, 0.2) is 0 Å². The van der Waals surface area contributed by atoms with Gasteiger partial charge in [0, 0.05) is 19.2 Å². The standard InChI is InChI=1S/C11H22N2O/c1-9-2-4-13(7-10(9)6-12)11-3-5-14-8-11/h9-11H,2-8,12H2,1H3. The van der Waals surface area contributed by atoms with E-state index in [1.165, 1.54) is 25.9 Å². The first-order chi connectivity index (χ1) is 6.81. The van der Waals surface area contributed by atoms with E-state index in [9.17, 15) is 0 Å². The zero-order chi connectivity index (χ0) is 9.97. The molecule has 2 rings (SSSR count). The fourth-order valence-electron chi connectivity index (χ4n) is 2.63. The molecule has 3 nitrogen and oxygen atoms in total. The molecule has 2 fully saturated rings. The summed E-state index contributed by atoms with van der Waals surface area (Å²) in [5.41, 5.74) is 5.80. The van der Waals surface area contributed by atoms with Gasteiger partial charge >= 0.3 is 0 Å². The topological polar surface area (TPSA) is 38.5 Å². The van der Waals surface area contributed by atoms with Crippen LogP contribution in [0.25, 0.3) is 0 Å². The minimum atomic E-state index is 0.677. The molecule has 14 heavy (non-hydrogen) atoms. The smallest absolute Gasteiger partial charge is 0.0622 e. The summed E-state index contributed by atoms with van der Waals surface area (Å²) in [6.45, 7) is 7.48. The summed E-state index contributed by atoms with van der Waals surface area (Å²) in [5, 5.41) is 0. The van der Waals surface area contributed by atoms with E-state index in [1.54, 1.807) is 0 Å². The highest BCUT2D eigenvalue weighted by atomic mass is 16.5. The van der Waals surface area contributed by atoms with Crippen LogP contribution in [-0.4, -0.2) is 43.8 Å². The SMILES string of the molecule is CC1CCN(C2CCOC2)CC1CN. The van der Waals surface area contributed by atoms with E-state index in [0.29, 0.717) is 12.0 Å². The van der Waals surface area contributed by atoms with Gasteiger partial charge in [-0.1, -0.05) is 6.92 Å². The zero-order valence-electron chi connectivity index (χ0n) is 9.11. The molecule has 0 amide bonds. The predicted octanol–water partition coefficient (Wildman–Crippen LogP) is 0.692. The number of ether oxygens (including phenoxy) is 1. The highest BCUT2D eigenvalue weighted by molar-refractivity contribution is 4.84. The molecule has 0 aromatic rings. The Morgan fingerprint density at radius 1 is 1.43 bits per heavy atom. The van der Waals surface area contributed by atoms with Crippen LogP contribution < -0.4 is 5.73 Å². The molecule has 2 aliphatic heterocycles. The number of nitrogens with two attached hydrogens (primary N) is 1. The third kappa shape index (κ3) is 2.10. The summed E-state index contributed by atoms with van der Waals surface area (Å²) in [5.74, 6) is 1.50. The predicted molar refractivity (Wildman–Crippen MR) is 57.1 cm³/mol. The number of piperidine rings is 1. The van der Waals surface area contributed by atoms with Crippen LogP contribution >= 0.6 is 0 Å². The second-order valence-corrected chi connectivity index (χ2v) is 4.77. The van der Waals surface area contributed by atoms with Crippen LogP contribution in [-0.2, 0) is 4.74 Å². The van der Waals surface area contributed by atoms with E-state index >= 15 is 0 Å². The van der Waals surface area contributed by atoms with Crippen LogP contribution in [0.3, 0.4) is 0 Å². The summed E-state index contributed by atoms with van der Waals surface area (Å²) in [6.07, 6.45) is 2.52. The van der Waals surface area contributed by atoms with Gasteiger partial charge in [-0.25, -0.2) is 0 Å². The Labute approximate surface area is 86.6 Å². The van der Waals surface area contributed by atoms with Crippen LogP contribution in [0, 0.1) is 11.8 Å². The van der Waals surface area contributed by atoms with Crippen molar-refractivity contribution in [3.05, 3.63) is 0 Å². The maximum Gasteiger partial charge on any atom is 0.0622 e. The largest absolute Gasteiger partial charge is 0.380 e. The van der Waals surface area contributed by atoms with Gasteiger partial charge in [0.05, 0.1) is 6.61 Å². The lowest BCUT2D eigenvalue weighted by atomic mass is 9.86. The normalized spacial score (nSPS) is 40.3. The Morgan fingerprint density at radius 2 is 2.29 bits per heavy atom. The minimum Gasteiger partial charge on any atom is -0.380 e. The van der Waals surface area contributed by atoms with Crippen molar-refractivity contribution < 1.29 is 4.74 Å². The van der Waals surface area contributed by atoms with Gasteiger partial charge in [0.25, 0.3) is 0 Å². The zero-order valence-corrected chi connectivity index (χ0v) is 9.11. The third-order valence-corrected chi connectivity index (χ3v) is 3.87. The van der Waals surface area contributed by atoms with Crippen molar-refractivity contribution in [2.24, 2.45) is 17.6 Å². The molecule has 0 radical (unpaired) electrons. The lowest BCUT2D eigenvalue weighted by molar-refractivity contribution is 0.0796. The molecule has 0 aliphatic carbocycles. The quantitative estimate of drug-likeness (QED) is 0.709. The van der Waals surface area contributed by atoms with Gasteiger partial charge < -0.3 is 10.5 Å². The first-order valence-corrected chi connectivity index (χ1v) is 5.83. The average Bonchev–Trinajstić information content (AvgIpc) is 2.71. The lowest BCUT2D eigenvalue weighted by Gasteiger charge is -2.39. The molecule has 2 heterocycles. The number of hydrogen-bond acceptors (Lipinski definition) is 3. The molecule has 2 saturated heterocycles. The van der Waals surface area contributed by atoms with Gasteiger partial charge in [-0.2, -0.15) is 0 Å². The second kappa shape index (κ2) is 4.60. The van der Waals surface area contributed by atoms with Crippen molar-refractivity contribution in [3.63, 3.8) is 0 Å². The van der Waals surface area contributed by atoms with Crippen molar-refractivity contribution >= 4 is 0 Å². The van der Waals surface area contributed by atoms with Crippen LogP contribution in [0.4, 0.5) is 0 Å². The van der Waals surface area contributed by atoms with E-state index in [4.69, 9.17) is 10.5 Å². The van der Waals surface area contributed by atoms with E-state index in [0.717, 1.165) is 25.7 Å². The third-order valence-electron chi connectivity index (χ3n) is 3.87. The number of rotatable bonds is 2. The van der Waals surface area contributed by atoms with Gasteiger partial charge in [-0.05, 0) is 37.8 Å². The molecule has 0 aromatic carbocycles. The molecule has 3 unspecified atom stereocenters. The van der Waals surface area contributed by atoms with E-state index in [2.05, 4.69) is 11.8 Å². The Hall–Kier alpha value is -0.120. The summed E-state index contributed by atoms with van der Waals surface area (Å²) in [6, 6.07) is 0.677. The van der Waals surface area contributed by atoms with Crippen molar-refractivity contribution in [2.45, 2.75) is 25.8 Å². The Balaban J connectivity index is 1.88. The van der Waals surface area contributed by atoms with E-state index < -0.39 is 0 Å². The summed E-state index contributed by atoms with van der Waals surface area (Å²) < 4.78 is 5.43. The Bertz CT molecular complexity index is 180. The first kappa shape index (κ1) is 10.4. The van der Waals surface area contributed by atoms with Crippen molar-refractivity contribution in [2.75, 3.05) is 32.8 Å². The molecular formula is C11H22N2O. The molecule has 3 atom stereocenters. The molecule has 0 spiro atoms. The summed E-state index contributed by atoms with van der Waals surface area (Å²) in [4.78, 5) is 2.59. The maximum atomic E-state index is 5.80. The molecule has 2 N–H and O–H groups in total. The highest BCUT2D eigenvalue weighted by Crippen LogP contribution is 2.25. The van der Waals surface area contributed by atoms with Crippen LogP contribution in [0.15, 0.2) is 0 Å². The molecule has 3 heteroatoms. The Kier molecular flexibility index (Phi) is 3.42. The van der Waals surface area contributed by atoms with Crippen molar-refractivity contribution in [1.82, 2.24) is 4.90 Å². The van der Waals surface area contributed by atoms with Gasteiger partial charge in [0.1, 0.15) is 0 Å². The molecule has 82 valence electrons. The minimum absolute atomic E-state index is 0.677. The van der Waals surface area contributed by atoms with Crippen molar-refractivity contribution in [1.29, 1.82) is 0 Å². The first-order valence-electron chi connectivity index (χ1n) is 5.83. The fraction of sp³-hybridized carbons (Fsp3) is 1.00. The number of hydrogen-bond donors (Lipinski definition) is 1. The maximum absolute atomic E-state index is 5.80. The Morgan fingerprint density at radius 3 is 2.93 bits per heavy atom. The van der Waals surface area contributed by atoms with E-state index in [-0.39, 0.29) is 0 Å². The fourth-order valence-corrected chi connectivity index (χ4v) is 2.63. The lowest BCUT2D eigenvalue weighted by Crippen LogP contribution is -2.47. The number of likely N-dealkylation sites (tertiary alicyclic amines) is 1. The molecule has 2 aliphatic rings. The summed E-state index contributed by atoms with van der Waals surface area (Å²) in [7, 11) is 0. The molecular weight excluding hydrogens is 176 g/mol. The van der Waals surface area contributed by atoms with E-state index in [1.807, 2.05) is 0 Å². The van der Waals surface area contributed by atoms with Crippen LogP contribution in [0.1, 0.15) is 19.8 Å². The monoisotopic (exact) mass is 198 g/mol. The van der Waals surface area contributed by atoms with Gasteiger partial charge in [0.2, 0.25) is 0 Å². The molecule has 0 bridgehead atoms. The molecule has 0 saturated carbocycles. The highest BCUT2D eigenvalue weighted by Gasteiger charge is 2.30. The second-order valence-electron chi connectivity index (χ2n) is 4.77. The van der Waals surface area contributed by atoms with Crippen LogP contribution in [0.2, 0.25) is 0 Å². The average molecular weight is 198 g/mol. The summed E-state index contributed by atoms with van der Waals surface area (Å²) >= 11 is 0. The van der Waals surface area contributed by atoms with Gasteiger partial charge in [-0.15, -0.1) is 0 Å².